The Balaban J connectivity index is 1.29. The molecule has 166 valence electrons. The number of piperidine rings is 1. The van der Waals surface area contributed by atoms with Crippen LogP contribution in [0, 0.1) is 5.92 Å². The molecule has 0 saturated carbocycles. The SMILES string of the molecule is COc1ccc(-c2noc(CCC(=O)N3CCCC(C(=O)N4CCOCC4)C3)n2)cc1. The highest BCUT2D eigenvalue weighted by Crippen LogP contribution is 2.22. The van der Waals surface area contributed by atoms with Crippen LogP contribution < -0.4 is 4.74 Å². The van der Waals surface area contributed by atoms with E-state index in [4.69, 9.17) is 14.0 Å². The van der Waals surface area contributed by atoms with Gasteiger partial charge in [-0.05, 0) is 37.1 Å². The number of carbonyl (C=O) groups excluding carboxylic acids is 2. The van der Waals surface area contributed by atoms with E-state index in [2.05, 4.69) is 10.1 Å². The first kappa shape index (κ1) is 21.3. The molecule has 4 rings (SSSR count). The largest absolute Gasteiger partial charge is 0.497 e. The van der Waals surface area contributed by atoms with E-state index in [0.717, 1.165) is 24.2 Å². The van der Waals surface area contributed by atoms with Gasteiger partial charge in [-0.25, -0.2) is 0 Å². The Bertz CT molecular complexity index is 892. The van der Waals surface area contributed by atoms with E-state index < -0.39 is 0 Å². The average Bonchev–Trinajstić information content (AvgIpc) is 3.32. The van der Waals surface area contributed by atoms with Gasteiger partial charge in [-0.2, -0.15) is 4.98 Å². The predicted molar refractivity (Wildman–Crippen MR) is 111 cm³/mol. The topological polar surface area (TPSA) is 98.0 Å². The minimum atomic E-state index is -0.124. The number of hydrogen-bond acceptors (Lipinski definition) is 7. The molecule has 2 aliphatic heterocycles. The molecule has 2 aliphatic rings. The molecule has 2 amide bonds. The fourth-order valence-corrected chi connectivity index (χ4v) is 4.03. The summed E-state index contributed by atoms with van der Waals surface area (Å²) in [6.45, 7) is 3.62. The van der Waals surface area contributed by atoms with Crippen molar-refractivity contribution in [1.82, 2.24) is 19.9 Å². The fourth-order valence-electron chi connectivity index (χ4n) is 4.03. The minimum absolute atomic E-state index is 0.0173. The van der Waals surface area contributed by atoms with Crippen LogP contribution in [0.25, 0.3) is 11.4 Å². The number of morpholine rings is 1. The molecule has 2 saturated heterocycles. The van der Waals surface area contributed by atoms with Crippen molar-refractivity contribution in [3.05, 3.63) is 30.2 Å². The maximum Gasteiger partial charge on any atom is 0.227 e. The molecule has 1 aromatic heterocycles. The van der Waals surface area contributed by atoms with Crippen LogP contribution >= 0.6 is 0 Å². The molecule has 9 heteroatoms. The molecular formula is C22H28N4O5. The zero-order valence-corrected chi connectivity index (χ0v) is 17.8. The standard InChI is InChI=1S/C22H28N4O5/c1-29-18-6-4-16(5-7-18)21-23-19(31-24-21)8-9-20(27)26-10-2-3-17(15-26)22(28)25-11-13-30-14-12-25/h4-7,17H,2-3,8-15H2,1H3. The summed E-state index contributed by atoms with van der Waals surface area (Å²) in [5, 5.41) is 4.01. The van der Waals surface area contributed by atoms with Gasteiger partial charge >= 0.3 is 0 Å². The number of aromatic nitrogens is 2. The molecule has 0 aliphatic carbocycles. The van der Waals surface area contributed by atoms with Crippen molar-refractivity contribution in [3.8, 4) is 17.1 Å². The summed E-state index contributed by atoms with van der Waals surface area (Å²) in [6.07, 6.45) is 2.33. The molecule has 9 nitrogen and oxygen atoms in total. The first-order chi connectivity index (χ1) is 15.1. The number of aryl methyl sites for hydroxylation is 1. The molecule has 1 aromatic carbocycles. The number of hydrogen-bond donors (Lipinski definition) is 0. The van der Waals surface area contributed by atoms with E-state index in [0.29, 0.717) is 57.5 Å². The molecule has 2 aromatic rings. The smallest absolute Gasteiger partial charge is 0.227 e. The van der Waals surface area contributed by atoms with Gasteiger partial charge < -0.3 is 23.8 Å². The minimum Gasteiger partial charge on any atom is -0.497 e. The van der Waals surface area contributed by atoms with Gasteiger partial charge in [-0.15, -0.1) is 0 Å². The van der Waals surface area contributed by atoms with Gasteiger partial charge in [-0.3, -0.25) is 9.59 Å². The van der Waals surface area contributed by atoms with Crippen LogP contribution in [0.3, 0.4) is 0 Å². The molecule has 1 unspecified atom stereocenters. The van der Waals surface area contributed by atoms with Crippen LogP contribution in [0.2, 0.25) is 0 Å². The second kappa shape index (κ2) is 9.91. The summed E-state index contributed by atoms with van der Waals surface area (Å²) in [6, 6.07) is 7.38. The third-order valence-corrected chi connectivity index (χ3v) is 5.82. The number of carbonyl (C=O) groups is 2. The lowest BCUT2D eigenvalue weighted by atomic mass is 9.96. The lowest BCUT2D eigenvalue weighted by molar-refractivity contribution is -0.144. The molecule has 0 spiro atoms. The lowest BCUT2D eigenvalue weighted by Crippen LogP contribution is -2.49. The normalized spacial score (nSPS) is 19.3. The zero-order valence-electron chi connectivity index (χ0n) is 17.8. The summed E-state index contributed by atoms with van der Waals surface area (Å²) in [5.74, 6) is 1.70. The van der Waals surface area contributed by atoms with Gasteiger partial charge in [0.1, 0.15) is 5.75 Å². The number of amides is 2. The van der Waals surface area contributed by atoms with E-state index in [1.165, 1.54) is 0 Å². The Morgan fingerprint density at radius 2 is 1.90 bits per heavy atom. The molecule has 0 N–H and O–H groups in total. The average molecular weight is 428 g/mol. The van der Waals surface area contributed by atoms with Crippen molar-refractivity contribution in [2.45, 2.75) is 25.7 Å². The monoisotopic (exact) mass is 428 g/mol. The first-order valence-corrected chi connectivity index (χ1v) is 10.8. The summed E-state index contributed by atoms with van der Waals surface area (Å²) >= 11 is 0. The van der Waals surface area contributed by atoms with Crippen molar-refractivity contribution in [2.75, 3.05) is 46.5 Å². The lowest BCUT2D eigenvalue weighted by Gasteiger charge is -2.36. The van der Waals surface area contributed by atoms with Crippen LogP contribution in [0.15, 0.2) is 28.8 Å². The van der Waals surface area contributed by atoms with E-state index in [-0.39, 0.29) is 24.2 Å². The van der Waals surface area contributed by atoms with E-state index in [9.17, 15) is 9.59 Å². The van der Waals surface area contributed by atoms with Crippen LogP contribution in [0.4, 0.5) is 0 Å². The predicted octanol–water partition coefficient (Wildman–Crippen LogP) is 1.78. The first-order valence-electron chi connectivity index (χ1n) is 10.8. The van der Waals surface area contributed by atoms with Crippen molar-refractivity contribution in [1.29, 1.82) is 0 Å². The van der Waals surface area contributed by atoms with Crippen molar-refractivity contribution >= 4 is 11.8 Å². The Hall–Kier alpha value is -2.94. The van der Waals surface area contributed by atoms with E-state index in [1.807, 2.05) is 29.2 Å². The zero-order chi connectivity index (χ0) is 21.6. The third-order valence-electron chi connectivity index (χ3n) is 5.82. The number of benzene rings is 1. The molecule has 3 heterocycles. The Labute approximate surface area is 181 Å². The summed E-state index contributed by atoms with van der Waals surface area (Å²) in [4.78, 5) is 33.6. The molecule has 0 radical (unpaired) electrons. The number of rotatable bonds is 6. The van der Waals surface area contributed by atoms with Gasteiger partial charge in [0.15, 0.2) is 0 Å². The third kappa shape index (κ3) is 5.22. The highest BCUT2D eigenvalue weighted by molar-refractivity contribution is 5.81. The summed E-state index contributed by atoms with van der Waals surface area (Å²) in [7, 11) is 1.61. The Morgan fingerprint density at radius 3 is 2.65 bits per heavy atom. The second-order valence-electron chi connectivity index (χ2n) is 7.86. The van der Waals surface area contributed by atoms with Crippen molar-refractivity contribution in [3.63, 3.8) is 0 Å². The second-order valence-corrected chi connectivity index (χ2v) is 7.86. The highest BCUT2D eigenvalue weighted by Gasteiger charge is 2.31. The van der Waals surface area contributed by atoms with Gasteiger partial charge in [0, 0.05) is 44.6 Å². The van der Waals surface area contributed by atoms with Crippen molar-refractivity contribution < 1.29 is 23.6 Å². The van der Waals surface area contributed by atoms with Gasteiger partial charge in [0.05, 0.1) is 26.2 Å². The number of likely N-dealkylation sites (tertiary alicyclic amines) is 1. The molecule has 2 fully saturated rings. The van der Waals surface area contributed by atoms with Crippen molar-refractivity contribution in [2.24, 2.45) is 5.92 Å². The Morgan fingerprint density at radius 1 is 1.13 bits per heavy atom. The number of ether oxygens (including phenoxy) is 2. The molecule has 1 atom stereocenters. The van der Waals surface area contributed by atoms with Crippen LogP contribution in [0.1, 0.15) is 25.2 Å². The van der Waals surface area contributed by atoms with Crippen LogP contribution in [-0.2, 0) is 20.7 Å². The Kier molecular flexibility index (Phi) is 6.81. The fraction of sp³-hybridized carbons (Fsp3) is 0.545. The molecule has 0 bridgehead atoms. The van der Waals surface area contributed by atoms with Gasteiger partial charge in [0.2, 0.25) is 23.5 Å². The summed E-state index contributed by atoms with van der Waals surface area (Å²) < 4.78 is 15.8. The van der Waals surface area contributed by atoms with E-state index >= 15 is 0 Å². The van der Waals surface area contributed by atoms with Gasteiger partial charge in [0.25, 0.3) is 0 Å². The van der Waals surface area contributed by atoms with Gasteiger partial charge in [-0.1, -0.05) is 5.16 Å². The number of nitrogens with zero attached hydrogens (tertiary/aromatic N) is 4. The maximum atomic E-state index is 12.8. The molecular weight excluding hydrogens is 400 g/mol. The summed E-state index contributed by atoms with van der Waals surface area (Å²) in [5.41, 5.74) is 0.822. The van der Waals surface area contributed by atoms with E-state index in [1.54, 1.807) is 12.0 Å². The maximum absolute atomic E-state index is 12.8. The number of methoxy groups -OCH3 is 1. The van der Waals surface area contributed by atoms with Crippen LogP contribution in [0.5, 0.6) is 5.75 Å². The van der Waals surface area contributed by atoms with Crippen LogP contribution in [-0.4, -0.2) is 78.3 Å². The molecule has 31 heavy (non-hydrogen) atoms. The quantitative estimate of drug-likeness (QED) is 0.692. The highest BCUT2D eigenvalue weighted by atomic mass is 16.5.